The van der Waals surface area contributed by atoms with E-state index in [4.69, 9.17) is 37.6 Å². The average Bonchev–Trinajstić information content (AvgIpc) is 2.93. The van der Waals surface area contributed by atoms with Crippen LogP contribution in [0.4, 0.5) is 13.2 Å². The van der Waals surface area contributed by atoms with Gasteiger partial charge < -0.3 is 21.4 Å². The highest BCUT2D eigenvalue weighted by atomic mass is 35.5. The lowest BCUT2D eigenvalue weighted by molar-refractivity contribution is -0.192. The smallest absolute Gasteiger partial charge is 0.475 e. The molecule has 246 valence electrons. The van der Waals surface area contributed by atoms with Crippen LogP contribution in [0.2, 0.25) is 5.02 Å². The van der Waals surface area contributed by atoms with Gasteiger partial charge in [0.25, 0.3) is 0 Å². The highest BCUT2D eigenvalue weighted by Gasteiger charge is 2.38. The molecule has 3 rings (SSSR count). The third-order valence-electron chi connectivity index (χ3n) is 6.21. The first-order valence-corrected chi connectivity index (χ1v) is 16.3. The van der Waals surface area contributed by atoms with Crippen molar-refractivity contribution in [3.8, 4) is 11.1 Å². The van der Waals surface area contributed by atoms with E-state index >= 15 is 0 Å². The van der Waals surface area contributed by atoms with Crippen LogP contribution in [-0.2, 0) is 36.2 Å². The monoisotopic (exact) mass is 695 g/mol. The van der Waals surface area contributed by atoms with Gasteiger partial charge in [-0.2, -0.15) is 13.2 Å². The van der Waals surface area contributed by atoms with E-state index < -0.39 is 44.1 Å². The molecule has 19 heteroatoms. The van der Waals surface area contributed by atoms with Crippen molar-refractivity contribution in [1.29, 1.82) is 0 Å². The van der Waals surface area contributed by atoms with Crippen LogP contribution in [-0.4, -0.2) is 63.2 Å². The van der Waals surface area contributed by atoms with Gasteiger partial charge in [0.15, 0.2) is 0 Å². The summed E-state index contributed by atoms with van der Waals surface area (Å²) in [7, 11) is -7.71. The van der Waals surface area contributed by atoms with E-state index in [1.165, 1.54) is 6.07 Å². The zero-order valence-corrected chi connectivity index (χ0v) is 26.0. The summed E-state index contributed by atoms with van der Waals surface area (Å²) < 4.78 is 81.9. The van der Waals surface area contributed by atoms with E-state index in [0.29, 0.717) is 27.8 Å². The number of alkyl halides is 3. The molecule has 13 nitrogen and oxygen atoms in total. The first-order valence-electron chi connectivity index (χ1n) is 12.5. The number of sulfonamides is 2. The van der Waals surface area contributed by atoms with E-state index in [1.54, 1.807) is 49.4 Å². The van der Waals surface area contributed by atoms with Crippen LogP contribution in [0.5, 0.6) is 0 Å². The predicted octanol–water partition coefficient (Wildman–Crippen LogP) is 2.60. The maximum absolute atomic E-state index is 13.0. The number of carbonyl (C=O) groups is 2. The number of halogens is 4. The number of carboxylic acid groups (broad SMARTS) is 1. The minimum atomic E-state index is -5.08. The van der Waals surface area contributed by atoms with Crippen LogP contribution in [0, 0.1) is 0 Å². The van der Waals surface area contributed by atoms with E-state index in [2.05, 4.69) is 15.2 Å². The third kappa shape index (κ3) is 10.9. The van der Waals surface area contributed by atoms with Gasteiger partial charge in [-0.3, -0.25) is 4.79 Å². The number of oxime groups is 1. The minimum absolute atomic E-state index is 0.0150. The molecule has 1 aliphatic rings. The molecule has 1 atom stereocenters. The molecule has 0 aromatic heterocycles. The number of carbonyl (C=O) groups excluding carboxylic acids is 1. The number of aliphatic carboxylic acids is 1. The highest BCUT2D eigenvalue weighted by Crippen LogP contribution is 2.30. The van der Waals surface area contributed by atoms with Gasteiger partial charge in [-0.25, -0.2) is 31.5 Å². The molecule has 0 bridgehead atoms. The topological polar surface area (TPSA) is 231 Å². The van der Waals surface area contributed by atoms with Crippen molar-refractivity contribution in [2.75, 3.05) is 6.26 Å². The number of allylic oxidation sites excluding steroid dienone is 3. The van der Waals surface area contributed by atoms with Gasteiger partial charge in [0.1, 0.15) is 11.8 Å². The molecule has 2 aromatic rings. The Bertz CT molecular complexity index is 1780. The largest absolute Gasteiger partial charge is 0.490 e. The number of hydrogen-bond donors (Lipinski definition) is 6. The summed E-state index contributed by atoms with van der Waals surface area (Å²) >= 11 is 6.43. The molecule has 0 saturated heterocycles. The number of nitrogens with two attached hydrogens (primary N) is 2. The summed E-state index contributed by atoms with van der Waals surface area (Å²) in [6.07, 6.45) is -2.16. The van der Waals surface area contributed by atoms with Gasteiger partial charge in [-0.1, -0.05) is 53.2 Å². The molecule has 0 aliphatic heterocycles. The fraction of sp³-hybridized carbons (Fsp3) is 0.269. The minimum Gasteiger partial charge on any atom is -0.475 e. The van der Waals surface area contributed by atoms with Crippen molar-refractivity contribution < 1.29 is 49.9 Å². The fourth-order valence-corrected chi connectivity index (χ4v) is 5.70. The van der Waals surface area contributed by atoms with Crippen LogP contribution < -0.4 is 20.9 Å². The Kier molecular flexibility index (Phi) is 12.3. The molecule has 0 unspecified atom stereocenters. The number of rotatable bonds is 9. The zero-order chi connectivity index (χ0) is 34.3. The summed E-state index contributed by atoms with van der Waals surface area (Å²) in [6, 6.07) is 9.92. The zero-order valence-electron chi connectivity index (χ0n) is 23.6. The van der Waals surface area contributed by atoms with Crippen LogP contribution in [0.25, 0.3) is 11.1 Å². The fourth-order valence-electron chi connectivity index (χ4n) is 3.99. The van der Waals surface area contributed by atoms with Gasteiger partial charge >= 0.3 is 12.1 Å². The molecule has 2 aromatic carbocycles. The first kappa shape index (κ1) is 37.2. The lowest BCUT2D eigenvalue weighted by atomic mass is 9.90. The van der Waals surface area contributed by atoms with E-state index in [0.717, 1.165) is 6.26 Å². The second-order valence-corrected chi connectivity index (χ2v) is 13.3. The van der Waals surface area contributed by atoms with Crippen LogP contribution >= 0.6 is 11.6 Å². The predicted molar refractivity (Wildman–Crippen MR) is 159 cm³/mol. The molecule has 45 heavy (non-hydrogen) atoms. The maximum Gasteiger partial charge on any atom is 0.490 e. The summed E-state index contributed by atoms with van der Waals surface area (Å²) in [6.45, 7) is 1.67. The Morgan fingerprint density at radius 1 is 1.13 bits per heavy atom. The van der Waals surface area contributed by atoms with Crippen molar-refractivity contribution in [3.63, 3.8) is 0 Å². The van der Waals surface area contributed by atoms with Crippen LogP contribution in [0.1, 0.15) is 25.3 Å². The normalized spacial score (nSPS) is 15.5. The number of nitrogens with one attached hydrogen (secondary N) is 2. The second kappa shape index (κ2) is 14.9. The molecular weight excluding hydrogens is 667 g/mol. The van der Waals surface area contributed by atoms with Gasteiger partial charge in [-0.05, 0) is 47.8 Å². The molecule has 8 N–H and O–H groups in total. The molecule has 0 heterocycles. The molecular formula is C26H29ClF3N5O8S2. The second-order valence-electron chi connectivity index (χ2n) is 9.53. The summed E-state index contributed by atoms with van der Waals surface area (Å²) in [5, 5.41) is 27.6. The first-order chi connectivity index (χ1) is 20.7. The summed E-state index contributed by atoms with van der Waals surface area (Å²) in [5.41, 5.74) is 9.18. The van der Waals surface area contributed by atoms with E-state index in [1.807, 2.05) is 0 Å². The van der Waals surface area contributed by atoms with Crippen molar-refractivity contribution in [1.82, 2.24) is 10.0 Å². The average molecular weight is 696 g/mol. The number of carboxylic acids is 1. The van der Waals surface area contributed by atoms with Gasteiger partial charge in [-0.15, -0.1) is 0 Å². The third-order valence-corrected chi connectivity index (χ3v) is 8.24. The maximum atomic E-state index is 13.0. The Morgan fingerprint density at radius 2 is 1.73 bits per heavy atom. The number of hydrogen-bond acceptors (Lipinski definition) is 9. The quantitative estimate of drug-likeness (QED) is 0.167. The number of benzene rings is 2. The Morgan fingerprint density at radius 3 is 2.24 bits per heavy atom. The highest BCUT2D eigenvalue weighted by molar-refractivity contribution is 7.89. The van der Waals surface area contributed by atoms with Crippen molar-refractivity contribution in [3.05, 3.63) is 76.0 Å². The Balaban J connectivity index is 0.000000900. The van der Waals surface area contributed by atoms with Gasteiger partial charge in [0, 0.05) is 23.6 Å². The Hall–Kier alpha value is -3.97. The summed E-state index contributed by atoms with van der Waals surface area (Å²) in [4.78, 5) is 21.9. The molecule has 0 spiro atoms. The Labute approximate surface area is 261 Å². The number of amides is 1. The lowest BCUT2D eigenvalue weighted by Crippen LogP contribution is -2.46. The van der Waals surface area contributed by atoms with Gasteiger partial charge in [0.05, 0.1) is 16.8 Å². The molecule has 0 saturated carbocycles. The van der Waals surface area contributed by atoms with E-state index in [-0.39, 0.29) is 40.7 Å². The molecule has 0 radical (unpaired) electrons. The standard InChI is InChI=1S/C24H28ClN5O6S2.C2HF3O2/c1-14-15(9-10-20(29-32)23(14)26)12-21(30-37(2,33)34)24(31)28-13-17-8-7-16(11-19(17)25)18-5-3-4-6-22(18)38(27,35)36;3-2(4,5)1(6)7/h3-9,11,21,30,32H,10,12-13,26H2,1-2H3,(H,28,31)(H2,27,35,36);(H,6,7)/t21-;/m0./s1. The SMILES string of the molecule is CC1=C(N)C(=NO)CC=C1C[C@H](NS(C)(=O)=O)C(=O)NCc1ccc(-c2ccccc2S(N)(=O)=O)cc1Cl.O=C(O)C(F)(F)F. The van der Waals surface area contributed by atoms with E-state index in [9.17, 15) is 34.8 Å². The molecule has 1 aliphatic carbocycles. The van der Waals surface area contributed by atoms with Crippen molar-refractivity contribution >= 4 is 49.2 Å². The van der Waals surface area contributed by atoms with Crippen molar-refractivity contribution in [2.24, 2.45) is 16.0 Å². The molecule has 0 fully saturated rings. The molecule has 1 amide bonds. The van der Waals surface area contributed by atoms with Crippen LogP contribution in [0.15, 0.2) is 75.4 Å². The number of nitrogens with zero attached hydrogens (tertiary/aromatic N) is 1. The van der Waals surface area contributed by atoms with Crippen LogP contribution in [0.3, 0.4) is 0 Å². The van der Waals surface area contributed by atoms with Crippen molar-refractivity contribution in [2.45, 2.75) is 43.4 Å². The van der Waals surface area contributed by atoms with Gasteiger partial charge in [0.2, 0.25) is 26.0 Å². The number of primary sulfonamides is 1. The summed E-state index contributed by atoms with van der Waals surface area (Å²) in [5.74, 6) is -3.35. The lowest BCUT2D eigenvalue weighted by Gasteiger charge is -2.23.